The Morgan fingerprint density at radius 2 is 1.96 bits per heavy atom. The molecule has 3 heterocycles. The highest BCUT2D eigenvalue weighted by molar-refractivity contribution is 7.80. The molecule has 12 nitrogen and oxygen atoms in total. The van der Waals surface area contributed by atoms with Crippen LogP contribution >= 0.6 is 0 Å². The van der Waals surface area contributed by atoms with E-state index in [2.05, 4.69) is 9.28 Å². The molecule has 0 aliphatic carbocycles. The van der Waals surface area contributed by atoms with Gasteiger partial charge in [-0.25, -0.2) is 4.79 Å². The van der Waals surface area contributed by atoms with Crippen molar-refractivity contribution in [2.24, 2.45) is 16.6 Å². The smallest absolute Gasteiger partial charge is 0.385 e. The van der Waals surface area contributed by atoms with E-state index in [9.17, 15) is 22.8 Å². The van der Waals surface area contributed by atoms with Gasteiger partial charge >= 0.3 is 16.4 Å². The van der Waals surface area contributed by atoms with Crippen LogP contribution in [0.4, 0.5) is 4.79 Å². The van der Waals surface area contributed by atoms with Crippen molar-refractivity contribution in [1.82, 2.24) is 14.9 Å². The SMILES string of the molecule is CC(=O)N1CCC[C@H](C(=O)N=C(N)[C@@H]2CC[C@@H]3CN2C(=O)N3OS(=O)(=O)O)C1. The molecule has 3 rings (SSSR count). The van der Waals surface area contributed by atoms with Crippen molar-refractivity contribution < 1.29 is 31.6 Å². The summed E-state index contributed by atoms with van der Waals surface area (Å²) < 4.78 is 35.0. The zero-order valence-electron chi connectivity index (χ0n) is 15.4. The summed E-state index contributed by atoms with van der Waals surface area (Å²) in [5.74, 6) is -1.02. The van der Waals surface area contributed by atoms with Crippen molar-refractivity contribution in [1.29, 1.82) is 0 Å². The van der Waals surface area contributed by atoms with Crippen LogP contribution in [-0.2, 0) is 24.3 Å². The second-order valence-electron chi connectivity index (χ2n) is 7.19. The number of likely N-dealkylation sites (tertiary alicyclic amines) is 1. The van der Waals surface area contributed by atoms with Crippen molar-refractivity contribution in [3.05, 3.63) is 0 Å². The van der Waals surface area contributed by atoms with Gasteiger partial charge in [0.05, 0.1) is 18.0 Å². The molecule has 0 aromatic rings. The molecule has 3 aliphatic heterocycles. The monoisotopic (exact) mass is 417 g/mol. The minimum absolute atomic E-state index is 0.0366. The maximum Gasteiger partial charge on any atom is 0.418 e. The lowest BCUT2D eigenvalue weighted by Gasteiger charge is -2.31. The standard InChI is InChI=1S/C15H23N5O7S/c1-9(21)18-6-2-3-10(7-18)14(22)17-13(16)12-5-4-11-8-19(12)15(23)20(11)27-28(24,25)26/h10-12H,2-8H2,1H3,(H2,16,17,22)(H,24,25,26)/t10-,11+,12-/m0/s1. The molecular weight excluding hydrogens is 394 g/mol. The Balaban J connectivity index is 1.69. The van der Waals surface area contributed by atoms with E-state index in [1.54, 1.807) is 4.90 Å². The van der Waals surface area contributed by atoms with E-state index in [1.807, 2.05) is 0 Å². The first-order chi connectivity index (χ1) is 13.1. The highest BCUT2D eigenvalue weighted by atomic mass is 32.3. The molecule has 3 fully saturated rings. The lowest BCUT2D eigenvalue weighted by atomic mass is 9.97. The Bertz CT molecular complexity index is 814. The van der Waals surface area contributed by atoms with Gasteiger partial charge in [0.2, 0.25) is 5.91 Å². The molecule has 0 spiro atoms. The van der Waals surface area contributed by atoms with Crippen LogP contribution in [0.3, 0.4) is 0 Å². The number of carbonyl (C=O) groups excluding carboxylic acids is 3. The van der Waals surface area contributed by atoms with Crippen LogP contribution in [0.1, 0.15) is 32.6 Å². The van der Waals surface area contributed by atoms with Crippen LogP contribution < -0.4 is 5.73 Å². The van der Waals surface area contributed by atoms with Crippen molar-refractivity contribution in [3.8, 4) is 0 Å². The fourth-order valence-electron chi connectivity index (χ4n) is 3.90. The highest BCUT2D eigenvalue weighted by Crippen LogP contribution is 2.31. The van der Waals surface area contributed by atoms with Crippen molar-refractivity contribution in [2.75, 3.05) is 19.6 Å². The van der Waals surface area contributed by atoms with E-state index in [0.717, 1.165) is 0 Å². The quantitative estimate of drug-likeness (QED) is 0.339. The first kappa shape index (κ1) is 20.5. The molecule has 3 N–H and O–H groups in total. The minimum Gasteiger partial charge on any atom is -0.385 e. The molecule has 13 heteroatoms. The predicted molar refractivity (Wildman–Crippen MR) is 95.0 cm³/mol. The van der Waals surface area contributed by atoms with Gasteiger partial charge in [-0.1, -0.05) is 0 Å². The van der Waals surface area contributed by atoms with Crippen molar-refractivity contribution in [2.45, 2.75) is 44.7 Å². The second kappa shape index (κ2) is 7.64. The molecule has 0 aromatic carbocycles. The molecule has 0 radical (unpaired) electrons. The zero-order valence-corrected chi connectivity index (χ0v) is 16.2. The van der Waals surface area contributed by atoms with Crippen LogP contribution in [0.2, 0.25) is 0 Å². The average Bonchev–Trinajstić information content (AvgIpc) is 2.85. The van der Waals surface area contributed by atoms with Gasteiger partial charge in [-0.05, 0) is 25.7 Å². The van der Waals surface area contributed by atoms with E-state index >= 15 is 0 Å². The number of urea groups is 1. The summed E-state index contributed by atoms with van der Waals surface area (Å²) in [5, 5.41) is 0.607. The number of rotatable bonds is 4. The third-order valence-corrected chi connectivity index (χ3v) is 5.64. The molecule has 0 aromatic heterocycles. The second-order valence-corrected chi connectivity index (χ2v) is 8.19. The molecule has 0 saturated carbocycles. The van der Waals surface area contributed by atoms with Crippen LogP contribution in [-0.4, -0.2) is 83.2 Å². The molecule has 28 heavy (non-hydrogen) atoms. The number of carbonyl (C=O) groups is 3. The summed E-state index contributed by atoms with van der Waals surface area (Å²) in [5.41, 5.74) is 6.00. The number of hydrogen-bond acceptors (Lipinski definition) is 6. The number of piperidine rings is 2. The molecule has 3 saturated heterocycles. The Kier molecular flexibility index (Phi) is 5.59. The first-order valence-electron chi connectivity index (χ1n) is 8.97. The molecular formula is C15H23N5O7S. The van der Waals surface area contributed by atoms with Gasteiger partial charge < -0.3 is 15.5 Å². The number of aliphatic imine (C=N–C) groups is 1. The van der Waals surface area contributed by atoms with Gasteiger partial charge in [-0.2, -0.15) is 18.5 Å². The van der Waals surface area contributed by atoms with Gasteiger partial charge in [-0.15, -0.1) is 4.28 Å². The molecule has 3 atom stereocenters. The number of nitrogens with zero attached hydrogens (tertiary/aromatic N) is 4. The van der Waals surface area contributed by atoms with Crippen molar-refractivity contribution >= 4 is 34.1 Å². The normalized spacial score (nSPS) is 28.6. The lowest BCUT2D eigenvalue weighted by Crippen LogP contribution is -2.49. The van der Waals surface area contributed by atoms with Gasteiger partial charge in [0.1, 0.15) is 5.84 Å². The number of hydrogen-bond donors (Lipinski definition) is 2. The molecule has 0 unspecified atom stereocenters. The molecule has 4 amide bonds. The Labute approximate surface area is 162 Å². The minimum atomic E-state index is -4.83. The van der Waals surface area contributed by atoms with Crippen LogP contribution in [0.5, 0.6) is 0 Å². The summed E-state index contributed by atoms with van der Waals surface area (Å²) in [6.07, 6.45) is 2.04. The number of hydroxylamine groups is 2. The maximum atomic E-state index is 12.5. The Morgan fingerprint density at radius 3 is 2.61 bits per heavy atom. The average molecular weight is 417 g/mol. The predicted octanol–water partition coefficient (Wildman–Crippen LogP) is -0.868. The largest absolute Gasteiger partial charge is 0.418 e. The van der Waals surface area contributed by atoms with E-state index in [0.29, 0.717) is 37.3 Å². The fourth-order valence-corrected chi connectivity index (χ4v) is 4.29. The van der Waals surface area contributed by atoms with Gasteiger partial charge in [0.25, 0.3) is 5.91 Å². The number of amidine groups is 1. The molecule has 2 bridgehead atoms. The zero-order chi connectivity index (χ0) is 20.6. The molecule has 156 valence electrons. The van der Waals surface area contributed by atoms with Crippen LogP contribution in [0.15, 0.2) is 4.99 Å². The van der Waals surface area contributed by atoms with Crippen molar-refractivity contribution in [3.63, 3.8) is 0 Å². The highest BCUT2D eigenvalue weighted by Gasteiger charge is 2.48. The van der Waals surface area contributed by atoms with E-state index in [1.165, 1.54) is 11.8 Å². The van der Waals surface area contributed by atoms with Crippen LogP contribution in [0.25, 0.3) is 0 Å². The summed E-state index contributed by atoms with van der Waals surface area (Å²) >= 11 is 0. The topological polar surface area (TPSA) is 163 Å². The summed E-state index contributed by atoms with van der Waals surface area (Å²) in [6.45, 7) is 2.48. The van der Waals surface area contributed by atoms with E-state index in [4.69, 9.17) is 10.3 Å². The summed E-state index contributed by atoms with van der Waals surface area (Å²) in [6, 6.07) is -1.98. The van der Waals surface area contributed by atoms with Crippen LogP contribution in [0, 0.1) is 5.92 Å². The maximum absolute atomic E-state index is 12.5. The number of fused-ring (bicyclic) bond motifs is 2. The third kappa shape index (κ3) is 4.25. The van der Waals surface area contributed by atoms with Gasteiger partial charge in [0, 0.05) is 26.6 Å². The first-order valence-corrected chi connectivity index (χ1v) is 10.3. The summed E-state index contributed by atoms with van der Waals surface area (Å²) in [7, 11) is -4.83. The number of amides is 4. The van der Waals surface area contributed by atoms with E-state index < -0.39 is 40.3 Å². The Hall–Kier alpha value is -2.25. The lowest BCUT2D eigenvalue weighted by molar-refractivity contribution is -0.132. The molecule has 3 aliphatic rings. The number of nitrogens with two attached hydrogens (primary N) is 1. The fraction of sp³-hybridized carbons (Fsp3) is 0.733. The third-order valence-electron chi connectivity index (χ3n) is 5.29. The van der Waals surface area contributed by atoms with Gasteiger partial charge in [0.15, 0.2) is 0 Å². The summed E-state index contributed by atoms with van der Waals surface area (Å²) in [4.78, 5) is 43.3. The van der Waals surface area contributed by atoms with E-state index in [-0.39, 0.29) is 24.8 Å². The van der Waals surface area contributed by atoms with Gasteiger partial charge in [-0.3, -0.25) is 14.1 Å². The Morgan fingerprint density at radius 1 is 1.25 bits per heavy atom.